The van der Waals surface area contributed by atoms with E-state index in [0.717, 1.165) is 5.56 Å². The van der Waals surface area contributed by atoms with Crippen LogP contribution in [-0.4, -0.2) is 21.5 Å². The number of nitrogens with zero attached hydrogens (tertiary/aromatic N) is 3. The minimum absolute atomic E-state index is 0.235. The van der Waals surface area contributed by atoms with Crippen LogP contribution in [-0.2, 0) is 6.42 Å². The summed E-state index contributed by atoms with van der Waals surface area (Å²) in [5, 5.41) is 0. The second-order valence-corrected chi connectivity index (χ2v) is 3.84. The van der Waals surface area contributed by atoms with E-state index in [-0.39, 0.29) is 5.95 Å². The first-order chi connectivity index (χ1) is 8.19. The number of hydrogen-bond acceptors (Lipinski definition) is 5. The Morgan fingerprint density at radius 2 is 1.76 bits per heavy atom. The topological polar surface area (TPSA) is 90.7 Å². The van der Waals surface area contributed by atoms with Crippen LogP contribution in [0, 0.1) is 6.92 Å². The number of rotatable bonds is 3. The first-order valence-electron chi connectivity index (χ1n) is 5.46. The molecule has 5 nitrogen and oxygen atoms in total. The molecule has 0 spiro atoms. The average molecular weight is 229 g/mol. The summed E-state index contributed by atoms with van der Waals surface area (Å²) in [5.74, 6) is 1.47. The monoisotopic (exact) mass is 229 g/mol. The third-order valence-corrected chi connectivity index (χ3v) is 2.38. The predicted molar refractivity (Wildman–Crippen MR) is 67.2 cm³/mol. The van der Waals surface area contributed by atoms with Gasteiger partial charge in [-0.1, -0.05) is 29.8 Å². The molecule has 2 rings (SSSR count). The van der Waals surface area contributed by atoms with Gasteiger partial charge in [0.1, 0.15) is 5.82 Å². The molecule has 0 aliphatic heterocycles. The lowest BCUT2D eigenvalue weighted by molar-refractivity contribution is 0.854. The summed E-state index contributed by atoms with van der Waals surface area (Å²) in [6.07, 6.45) is 0.603. The van der Waals surface area contributed by atoms with Crippen LogP contribution >= 0.6 is 0 Å². The highest BCUT2D eigenvalue weighted by molar-refractivity contribution is 5.56. The van der Waals surface area contributed by atoms with E-state index in [1.54, 1.807) is 0 Å². The lowest BCUT2D eigenvalue weighted by atomic mass is 10.1. The highest BCUT2D eigenvalue weighted by Gasteiger charge is 2.06. The molecule has 0 fully saturated rings. The van der Waals surface area contributed by atoms with Gasteiger partial charge in [0.25, 0.3) is 0 Å². The summed E-state index contributed by atoms with van der Waals surface area (Å²) in [6, 6.07) is 7.96. The van der Waals surface area contributed by atoms with Crippen molar-refractivity contribution in [2.45, 2.75) is 13.3 Å². The molecule has 88 valence electrons. The van der Waals surface area contributed by atoms with Crippen LogP contribution in [0.15, 0.2) is 24.3 Å². The Morgan fingerprint density at radius 1 is 1.06 bits per heavy atom. The Labute approximate surface area is 99.9 Å². The number of benzene rings is 1. The van der Waals surface area contributed by atoms with Crippen molar-refractivity contribution < 1.29 is 0 Å². The van der Waals surface area contributed by atoms with E-state index in [0.29, 0.717) is 24.6 Å². The van der Waals surface area contributed by atoms with E-state index in [1.807, 2.05) is 31.2 Å². The molecule has 0 saturated heterocycles. The minimum atomic E-state index is 0.235. The van der Waals surface area contributed by atoms with E-state index in [4.69, 9.17) is 11.5 Å². The molecule has 1 aromatic heterocycles. The Balaban J connectivity index is 2.40. The zero-order valence-corrected chi connectivity index (χ0v) is 9.72. The van der Waals surface area contributed by atoms with E-state index in [9.17, 15) is 0 Å². The van der Waals surface area contributed by atoms with Gasteiger partial charge in [-0.15, -0.1) is 0 Å². The van der Waals surface area contributed by atoms with Crippen LogP contribution in [0.1, 0.15) is 11.4 Å². The maximum absolute atomic E-state index is 5.65. The van der Waals surface area contributed by atoms with Crippen molar-refractivity contribution >= 4 is 5.95 Å². The van der Waals surface area contributed by atoms with Gasteiger partial charge < -0.3 is 11.5 Å². The molecule has 0 amide bonds. The molecule has 0 bridgehead atoms. The molecular weight excluding hydrogens is 214 g/mol. The average Bonchev–Trinajstić information content (AvgIpc) is 2.29. The van der Waals surface area contributed by atoms with E-state index in [2.05, 4.69) is 15.0 Å². The molecule has 1 heterocycles. The summed E-state index contributed by atoms with van der Waals surface area (Å²) < 4.78 is 0. The molecular formula is C12H15N5. The highest BCUT2D eigenvalue weighted by Crippen LogP contribution is 2.16. The second-order valence-electron chi connectivity index (χ2n) is 3.84. The molecule has 0 atom stereocenters. The normalized spacial score (nSPS) is 10.5. The summed E-state index contributed by atoms with van der Waals surface area (Å²) >= 11 is 0. The fraction of sp³-hybridized carbons (Fsp3) is 0.250. The number of nitrogens with two attached hydrogens (primary N) is 2. The van der Waals surface area contributed by atoms with Gasteiger partial charge in [-0.2, -0.15) is 9.97 Å². The van der Waals surface area contributed by atoms with Crippen molar-refractivity contribution in [1.82, 2.24) is 15.0 Å². The Morgan fingerprint density at radius 3 is 2.41 bits per heavy atom. The van der Waals surface area contributed by atoms with Gasteiger partial charge in [0.15, 0.2) is 5.82 Å². The van der Waals surface area contributed by atoms with Gasteiger partial charge in [0, 0.05) is 12.0 Å². The zero-order valence-electron chi connectivity index (χ0n) is 9.72. The third-order valence-electron chi connectivity index (χ3n) is 2.38. The van der Waals surface area contributed by atoms with Crippen LogP contribution < -0.4 is 11.5 Å². The van der Waals surface area contributed by atoms with Gasteiger partial charge in [-0.3, -0.25) is 0 Å². The van der Waals surface area contributed by atoms with Crippen molar-refractivity contribution in [3.8, 4) is 11.4 Å². The number of aromatic nitrogens is 3. The number of anilines is 1. The van der Waals surface area contributed by atoms with Crippen LogP contribution in [0.2, 0.25) is 0 Å². The van der Waals surface area contributed by atoms with Gasteiger partial charge >= 0.3 is 0 Å². The zero-order chi connectivity index (χ0) is 12.3. The first-order valence-corrected chi connectivity index (χ1v) is 5.46. The number of hydrogen-bond donors (Lipinski definition) is 2. The van der Waals surface area contributed by atoms with Crippen molar-refractivity contribution in [2.75, 3.05) is 12.3 Å². The fourth-order valence-electron chi connectivity index (χ4n) is 1.51. The standard InChI is InChI=1S/C12H15N5/c1-8-2-4-9(5-3-8)11-15-10(6-7-13)16-12(14)17-11/h2-5H,6-7,13H2,1H3,(H2,14,15,16,17). The second kappa shape index (κ2) is 4.88. The maximum atomic E-state index is 5.65. The van der Waals surface area contributed by atoms with Gasteiger partial charge in [-0.05, 0) is 13.5 Å². The van der Waals surface area contributed by atoms with Crippen molar-refractivity contribution in [3.05, 3.63) is 35.7 Å². The van der Waals surface area contributed by atoms with Gasteiger partial charge in [0.2, 0.25) is 5.95 Å². The van der Waals surface area contributed by atoms with Crippen molar-refractivity contribution in [3.63, 3.8) is 0 Å². The van der Waals surface area contributed by atoms with Crippen molar-refractivity contribution in [2.24, 2.45) is 5.73 Å². The van der Waals surface area contributed by atoms with Crippen LogP contribution in [0.25, 0.3) is 11.4 Å². The maximum Gasteiger partial charge on any atom is 0.223 e. The van der Waals surface area contributed by atoms with E-state index >= 15 is 0 Å². The summed E-state index contributed by atoms with van der Waals surface area (Å²) in [4.78, 5) is 12.5. The SMILES string of the molecule is Cc1ccc(-c2nc(N)nc(CCN)n2)cc1. The number of nitrogen functional groups attached to an aromatic ring is 1. The molecule has 5 heteroatoms. The molecule has 0 aliphatic rings. The lowest BCUT2D eigenvalue weighted by Crippen LogP contribution is -2.10. The summed E-state index contributed by atoms with van der Waals surface area (Å²) in [6.45, 7) is 2.53. The van der Waals surface area contributed by atoms with Gasteiger partial charge in [0.05, 0.1) is 0 Å². The Kier molecular flexibility index (Phi) is 3.30. The molecule has 0 saturated carbocycles. The van der Waals surface area contributed by atoms with Crippen LogP contribution in [0.3, 0.4) is 0 Å². The third kappa shape index (κ3) is 2.76. The lowest BCUT2D eigenvalue weighted by Gasteiger charge is -2.04. The quantitative estimate of drug-likeness (QED) is 0.817. The highest BCUT2D eigenvalue weighted by atomic mass is 15.1. The first kappa shape index (κ1) is 11.5. The van der Waals surface area contributed by atoms with Crippen LogP contribution in [0.5, 0.6) is 0 Å². The smallest absolute Gasteiger partial charge is 0.223 e. The summed E-state index contributed by atoms with van der Waals surface area (Å²) in [7, 11) is 0. The van der Waals surface area contributed by atoms with Gasteiger partial charge in [-0.25, -0.2) is 4.98 Å². The summed E-state index contributed by atoms with van der Waals surface area (Å²) in [5.41, 5.74) is 13.3. The van der Waals surface area contributed by atoms with E-state index in [1.165, 1.54) is 5.56 Å². The molecule has 17 heavy (non-hydrogen) atoms. The number of aryl methyl sites for hydroxylation is 1. The molecule has 0 unspecified atom stereocenters. The molecule has 4 N–H and O–H groups in total. The largest absolute Gasteiger partial charge is 0.368 e. The van der Waals surface area contributed by atoms with Crippen molar-refractivity contribution in [1.29, 1.82) is 0 Å². The molecule has 0 radical (unpaired) electrons. The fourth-order valence-corrected chi connectivity index (χ4v) is 1.51. The molecule has 2 aromatic rings. The predicted octanol–water partition coefficient (Wildman–Crippen LogP) is 0.930. The Bertz CT molecular complexity index is 507. The Hall–Kier alpha value is -2.01. The molecule has 0 aliphatic carbocycles. The molecule has 1 aromatic carbocycles. The van der Waals surface area contributed by atoms with E-state index < -0.39 is 0 Å². The van der Waals surface area contributed by atoms with Crippen LogP contribution in [0.4, 0.5) is 5.95 Å². The minimum Gasteiger partial charge on any atom is -0.368 e.